The molecule has 0 aromatic heterocycles. The fourth-order valence-electron chi connectivity index (χ4n) is 1.06. The van der Waals surface area contributed by atoms with E-state index in [0.717, 1.165) is 11.1 Å². The van der Waals surface area contributed by atoms with Gasteiger partial charge >= 0.3 is 0 Å². The van der Waals surface area contributed by atoms with Gasteiger partial charge in [0.1, 0.15) is 5.02 Å². The summed E-state index contributed by atoms with van der Waals surface area (Å²) >= 11 is 5.72. The molecule has 0 unspecified atom stereocenters. The van der Waals surface area contributed by atoms with Gasteiger partial charge in [0.05, 0.1) is 4.92 Å². The van der Waals surface area contributed by atoms with E-state index < -0.39 is 4.92 Å². The first-order valence-corrected chi connectivity index (χ1v) is 3.81. The molecule has 0 aliphatic carbocycles. The van der Waals surface area contributed by atoms with E-state index in [1.54, 1.807) is 13.8 Å². The zero-order valence-electron chi connectivity index (χ0n) is 6.80. The summed E-state index contributed by atoms with van der Waals surface area (Å²) in [4.78, 5) is 9.98. The van der Waals surface area contributed by atoms with Crippen LogP contribution in [0.2, 0.25) is 5.02 Å². The lowest BCUT2D eigenvalue weighted by molar-refractivity contribution is -0.384. The van der Waals surface area contributed by atoms with Crippen molar-refractivity contribution in [3.8, 4) is 0 Å². The van der Waals surface area contributed by atoms with Crippen molar-refractivity contribution in [3.63, 3.8) is 0 Å². The van der Waals surface area contributed by atoms with E-state index in [2.05, 4.69) is 0 Å². The first-order valence-electron chi connectivity index (χ1n) is 3.43. The first-order chi connectivity index (χ1) is 5.52. The highest BCUT2D eigenvalue weighted by Crippen LogP contribution is 2.28. The average Bonchev–Trinajstić information content (AvgIpc) is 1.96. The third-order valence-electron chi connectivity index (χ3n) is 1.58. The lowest BCUT2D eigenvalue weighted by atomic mass is 10.1. The van der Waals surface area contributed by atoms with Crippen molar-refractivity contribution in [2.24, 2.45) is 0 Å². The van der Waals surface area contributed by atoms with Crippen molar-refractivity contribution >= 4 is 17.3 Å². The molecule has 0 saturated heterocycles. The Balaban J connectivity index is 3.37. The van der Waals surface area contributed by atoms with Gasteiger partial charge in [-0.2, -0.15) is 0 Å². The summed E-state index contributed by atoms with van der Waals surface area (Å²) in [7, 11) is 0. The number of hydrogen-bond donors (Lipinski definition) is 0. The summed E-state index contributed by atoms with van der Waals surface area (Å²) in [6, 6.07) is 3.28. The summed E-state index contributed by atoms with van der Waals surface area (Å²) in [5, 5.41) is 10.7. The summed E-state index contributed by atoms with van der Waals surface area (Å²) in [5.74, 6) is 0. The Bertz CT molecular complexity index is 336. The highest BCUT2D eigenvalue weighted by Gasteiger charge is 2.13. The number of aryl methyl sites for hydroxylation is 2. The van der Waals surface area contributed by atoms with Crippen LogP contribution in [0.5, 0.6) is 0 Å². The van der Waals surface area contributed by atoms with E-state index in [1.165, 1.54) is 6.07 Å². The molecule has 0 atom stereocenters. The van der Waals surface area contributed by atoms with Crippen LogP contribution >= 0.6 is 11.6 Å². The second-order valence-corrected chi connectivity index (χ2v) is 3.05. The van der Waals surface area contributed by atoms with Crippen LogP contribution < -0.4 is 0 Å². The number of nitrogens with zero attached hydrogens (tertiary/aromatic N) is 1. The van der Waals surface area contributed by atoms with Gasteiger partial charge in [-0.25, -0.2) is 0 Å². The number of nitro benzene ring substituents is 1. The maximum atomic E-state index is 10.4. The molecule has 4 heteroatoms. The normalized spacial score (nSPS) is 9.92. The zero-order valence-corrected chi connectivity index (χ0v) is 7.55. The molecule has 0 fully saturated rings. The van der Waals surface area contributed by atoms with Crippen molar-refractivity contribution < 1.29 is 4.92 Å². The zero-order chi connectivity index (χ0) is 9.30. The smallest absolute Gasteiger partial charge is 0.258 e. The molecule has 0 radical (unpaired) electrons. The highest BCUT2D eigenvalue weighted by molar-refractivity contribution is 6.33. The summed E-state index contributed by atoms with van der Waals surface area (Å²) in [5.41, 5.74) is 1.57. The molecule has 3 nitrogen and oxygen atoms in total. The predicted molar refractivity (Wildman–Crippen MR) is 47.6 cm³/mol. The molecule has 1 aromatic carbocycles. The topological polar surface area (TPSA) is 43.1 Å². The van der Waals surface area contributed by atoms with Crippen LogP contribution in [0.15, 0.2) is 12.1 Å². The van der Waals surface area contributed by atoms with Gasteiger partial charge in [0.25, 0.3) is 5.69 Å². The number of rotatable bonds is 1. The molecular weight excluding hydrogens is 178 g/mol. The molecule has 0 spiro atoms. The van der Waals surface area contributed by atoms with Crippen LogP contribution in [-0.2, 0) is 0 Å². The van der Waals surface area contributed by atoms with E-state index in [9.17, 15) is 10.1 Å². The molecular formula is C8H8ClNO2. The minimum atomic E-state index is -0.470. The second-order valence-electron chi connectivity index (χ2n) is 2.67. The standard InChI is InChI=1S/C8H8ClNO2/c1-5-3-6(2)8(9)7(4-5)10(11)12/h3-4H,1-2H3. The Kier molecular flexibility index (Phi) is 2.33. The van der Waals surface area contributed by atoms with E-state index in [0.29, 0.717) is 0 Å². The van der Waals surface area contributed by atoms with Gasteiger partial charge in [-0.1, -0.05) is 17.7 Å². The fraction of sp³-hybridized carbons (Fsp3) is 0.250. The lowest BCUT2D eigenvalue weighted by Gasteiger charge is -2.00. The van der Waals surface area contributed by atoms with Crippen molar-refractivity contribution in [2.45, 2.75) is 13.8 Å². The Hall–Kier alpha value is -1.09. The van der Waals surface area contributed by atoms with E-state index in [-0.39, 0.29) is 10.7 Å². The molecule has 0 saturated carbocycles. The third-order valence-corrected chi connectivity index (χ3v) is 2.07. The Morgan fingerprint density at radius 1 is 1.42 bits per heavy atom. The minimum absolute atomic E-state index is 0.0193. The van der Waals surface area contributed by atoms with Crippen LogP contribution in [0.3, 0.4) is 0 Å². The van der Waals surface area contributed by atoms with Crippen molar-refractivity contribution in [3.05, 3.63) is 38.4 Å². The van der Waals surface area contributed by atoms with E-state index in [1.807, 2.05) is 6.07 Å². The minimum Gasteiger partial charge on any atom is -0.258 e. The Morgan fingerprint density at radius 2 is 2.00 bits per heavy atom. The predicted octanol–water partition coefficient (Wildman–Crippen LogP) is 2.87. The molecule has 0 heterocycles. The van der Waals surface area contributed by atoms with Crippen LogP contribution in [0.1, 0.15) is 11.1 Å². The first kappa shape index (κ1) is 9.00. The largest absolute Gasteiger partial charge is 0.288 e. The fourth-order valence-corrected chi connectivity index (χ4v) is 1.24. The number of benzene rings is 1. The van der Waals surface area contributed by atoms with Crippen molar-refractivity contribution in [1.82, 2.24) is 0 Å². The van der Waals surface area contributed by atoms with E-state index in [4.69, 9.17) is 11.6 Å². The Labute approximate surface area is 75.1 Å². The highest BCUT2D eigenvalue weighted by atomic mass is 35.5. The molecule has 64 valence electrons. The van der Waals surface area contributed by atoms with Gasteiger partial charge in [-0.05, 0) is 25.0 Å². The quantitative estimate of drug-likeness (QED) is 0.499. The average molecular weight is 186 g/mol. The van der Waals surface area contributed by atoms with Crippen molar-refractivity contribution in [2.75, 3.05) is 0 Å². The Morgan fingerprint density at radius 3 is 2.50 bits per heavy atom. The molecule has 0 aliphatic heterocycles. The van der Waals surface area contributed by atoms with Gasteiger partial charge in [0, 0.05) is 6.07 Å². The SMILES string of the molecule is Cc1cc(C)c(Cl)c([N+](=O)[O-])c1. The maximum absolute atomic E-state index is 10.4. The van der Waals surface area contributed by atoms with Crippen LogP contribution in [-0.4, -0.2) is 4.92 Å². The monoisotopic (exact) mass is 185 g/mol. The van der Waals surface area contributed by atoms with Gasteiger partial charge in [-0.15, -0.1) is 0 Å². The third kappa shape index (κ3) is 1.56. The van der Waals surface area contributed by atoms with Gasteiger partial charge < -0.3 is 0 Å². The number of nitro groups is 1. The lowest BCUT2D eigenvalue weighted by Crippen LogP contribution is -1.91. The molecule has 1 rings (SSSR count). The molecule has 0 N–H and O–H groups in total. The van der Waals surface area contributed by atoms with Crippen molar-refractivity contribution in [1.29, 1.82) is 0 Å². The number of halogens is 1. The summed E-state index contributed by atoms with van der Waals surface area (Å²) in [6.07, 6.45) is 0. The van der Waals surface area contributed by atoms with E-state index >= 15 is 0 Å². The summed E-state index contributed by atoms with van der Waals surface area (Å²) < 4.78 is 0. The molecule has 12 heavy (non-hydrogen) atoms. The molecule has 0 amide bonds. The molecule has 0 bridgehead atoms. The molecule has 1 aromatic rings. The van der Waals surface area contributed by atoms with Gasteiger partial charge in [0.15, 0.2) is 0 Å². The summed E-state index contributed by atoms with van der Waals surface area (Å²) in [6.45, 7) is 3.55. The van der Waals surface area contributed by atoms with Gasteiger partial charge in [0.2, 0.25) is 0 Å². The second kappa shape index (κ2) is 3.11. The maximum Gasteiger partial charge on any atom is 0.288 e. The number of hydrogen-bond acceptors (Lipinski definition) is 2. The van der Waals surface area contributed by atoms with Crippen LogP contribution in [0, 0.1) is 24.0 Å². The van der Waals surface area contributed by atoms with Crippen LogP contribution in [0.25, 0.3) is 0 Å². The van der Waals surface area contributed by atoms with Gasteiger partial charge in [-0.3, -0.25) is 10.1 Å². The molecule has 0 aliphatic rings. The van der Waals surface area contributed by atoms with Crippen LogP contribution in [0.4, 0.5) is 5.69 Å².